The molecule has 2 amide bonds. The van der Waals surface area contributed by atoms with E-state index in [0.29, 0.717) is 5.69 Å². The van der Waals surface area contributed by atoms with Crippen molar-refractivity contribution in [1.29, 1.82) is 0 Å². The summed E-state index contributed by atoms with van der Waals surface area (Å²) in [5.74, 6) is -0.344. The van der Waals surface area contributed by atoms with Gasteiger partial charge in [-0.1, -0.05) is 6.07 Å². The number of benzene rings is 1. The number of nitrogens with zero attached hydrogens (tertiary/aromatic N) is 1. The van der Waals surface area contributed by atoms with Gasteiger partial charge in [-0.15, -0.1) is 0 Å². The summed E-state index contributed by atoms with van der Waals surface area (Å²) in [6.07, 6.45) is 0. The third-order valence-electron chi connectivity index (χ3n) is 1.81. The zero-order valence-electron chi connectivity index (χ0n) is 6.96. The van der Waals surface area contributed by atoms with Crippen molar-refractivity contribution in [2.24, 2.45) is 0 Å². The van der Waals surface area contributed by atoms with Crippen molar-refractivity contribution in [3.63, 3.8) is 0 Å². The van der Waals surface area contributed by atoms with Gasteiger partial charge in [-0.25, -0.2) is 9.18 Å². The van der Waals surface area contributed by atoms with Crippen LogP contribution in [0.2, 0.25) is 0 Å². The van der Waals surface area contributed by atoms with Gasteiger partial charge < -0.3 is 10.2 Å². The lowest BCUT2D eigenvalue weighted by Gasteiger charge is -2.04. The van der Waals surface area contributed by atoms with E-state index < -0.39 is 0 Å². The predicted molar refractivity (Wildman–Crippen MR) is 47.0 cm³/mol. The quantitative estimate of drug-likeness (QED) is 0.655. The highest BCUT2D eigenvalue weighted by Crippen LogP contribution is 2.12. The van der Waals surface area contributed by atoms with Gasteiger partial charge in [-0.2, -0.15) is 0 Å². The lowest BCUT2D eigenvalue weighted by atomic mass is 10.3. The Balaban J connectivity index is 2.04. The minimum Gasteiger partial charge on any atom is -0.321 e. The molecular formula is C9H9FN2O. The van der Waals surface area contributed by atoms with Crippen LogP contribution < -0.4 is 5.32 Å². The van der Waals surface area contributed by atoms with Gasteiger partial charge in [0.25, 0.3) is 0 Å². The van der Waals surface area contributed by atoms with Gasteiger partial charge in [0, 0.05) is 18.8 Å². The number of urea groups is 1. The van der Waals surface area contributed by atoms with Gasteiger partial charge in [0.2, 0.25) is 0 Å². The molecule has 0 saturated carbocycles. The molecule has 0 aliphatic carbocycles. The Kier molecular flexibility index (Phi) is 1.88. The van der Waals surface area contributed by atoms with Crippen LogP contribution in [0.1, 0.15) is 0 Å². The number of rotatable bonds is 1. The Morgan fingerprint density at radius 2 is 2.23 bits per heavy atom. The second-order valence-corrected chi connectivity index (χ2v) is 2.93. The van der Waals surface area contributed by atoms with Crippen molar-refractivity contribution >= 4 is 11.7 Å². The minimum atomic E-state index is -0.344. The molecule has 0 aromatic heterocycles. The molecule has 4 heteroatoms. The number of nitrogens with one attached hydrogen (secondary N) is 1. The third kappa shape index (κ3) is 1.96. The molecule has 68 valence electrons. The van der Waals surface area contributed by atoms with Gasteiger partial charge in [0.15, 0.2) is 0 Å². The first-order valence-corrected chi connectivity index (χ1v) is 4.07. The number of carbonyl (C=O) groups is 1. The van der Waals surface area contributed by atoms with Crippen LogP contribution in [0.4, 0.5) is 14.9 Å². The zero-order valence-corrected chi connectivity index (χ0v) is 6.96. The van der Waals surface area contributed by atoms with Crippen LogP contribution in [0.15, 0.2) is 24.3 Å². The highest BCUT2D eigenvalue weighted by atomic mass is 19.1. The summed E-state index contributed by atoms with van der Waals surface area (Å²) in [5, 5.41) is 2.59. The van der Waals surface area contributed by atoms with Crippen molar-refractivity contribution in [3.05, 3.63) is 30.1 Å². The summed E-state index contributed by atoms with van der Waals surface area (Å²) < 4.78 is 12.7. The lowest BCUT2D eigenvalue weighted by Crippen LogP contribution is -2.18. The normalized spacial score (nSPS) is 14.1. The molecule has 0 atom stereocenters. The SMILES string of the molecule is O=C(Nc1cccc(F)c1)N1CC1. The van der Waals surface area contributed by atoms with Gasteiger partial charge >= 0.3 is 6.03 Å². The molecule has 0 unspecified atom stereocenters. The average Bonchev–Trinajstić information content (AvgIpc) is 2.85. The maximum absolute atomic E-state index is 12.7. The van der Waals surface area contributed by atoms with Gasteiger partial charge in [0.05, 0.1) is 0 Å². The molecule has 0 radical (unpaired) electrons. The van der Waals surface area contributed by atoms with E-state index in [1.807, 2.05) is 0 Å². The topological polar surface area (TPSA) is 32.1 Å². The highest BCUT2D eigenvalue weighted by molar-refractivity contribution is 5.90. The zero-order chi connectivity index (χ0) is 9.26. The number of hydrogen-bond donors (Lipinski definition) is 1. The van der Waals surface area contributed by atoms with Crippen molar-refractivity contribution in [1.82, 2.24) is 4.90 Å². The first-order valence-electron chi connectivity index (χ1n) is 4.07. The number of hydrogen-bond acceptors (Lipinski definition) is 1. The fourth-order valence-corrected chi connectivity index (χ4v) is 1.02. The lowest BCUT2D eigenvalue weighted by molar-refractivity contribution is 0.242. The standard InChI is InChI=1S/C9H9FN2O/c10-7-2-1-3-8(6-7)11-9(13)12-4-5-12/h1-3,6H,4-5H2,(H,11,13). The Hall–Kier alpha value is -1.58. The van der Waals surface area contributed by atoms with E-state index in [4.69, 9.17) is 0 Å². The molecule has 13 heavy (non-hydrogen) atoms. The van der Waals surface area contributed by atoms with Crippen LogP contribution in [0, 0.1) is 5.82 Å². The van der Waals surface area contributed by atoms with Crippen LogP contribution in [-0.4, -0.2) is 24.0 Å². The summed E-state index contributed by atoms with van der Waals surface area (Å²) in [5.41, 5.74) is 0.497. The van der Waals surface area contributed by atoms with Crippen LogP contribution in [0.3, 0.4) is 0 Å². The number of carbonyl (C=O) groups excluding carboxylic acids is 1. The first kappa shape index (κ1) is 8.04. The van der Waals surface area contributed by atoms with E-state index in [1.54, 1.807) is 17.0 Å². The maximum atomic E-state index is 12.7. The smallest absolute Gasteiger partial charge is 0.321 e. The van der Waals surface area contributed by atoms with E-state index in [9.17, 15) is 9.18 Å². The van der Waals surface area contributed by atoms with Crippen molar-refractivity contribution in [2.75, 3.05) is 18.4 Å². The summed E-state index contributed by atoms with van der Waals surface area (Å²) >= 11 is 0. The molecule has 3 nitrogen and oxygen atoms in total. The third-order valence-corrected chi connectivity index (χ3v) is 1.81. The van der Waals surface area contributed by atoms with Crippen LogP contribution in [-0.2, 0) is 0 Å². The predicted octanol–water partition coefficient (Wildman–Crippen LogP) is 1.67. The monoisotopic (exact) mass is 180 g/mol. The fourth-order valence-electron chi connectivity index (χ4n) is 1.02. The van der Waals surface area contributed by atoms with E-state index in [2.05, 4.69) is 5.32 Å². The number of halogens is 1. The highest BCUT2D eigenvalue weighted by Gasteiger charge is 2.23. The average molecular weight is 180 g/mol. The Morgan fingerprint density at radius 1 is 1.46 bits per heavy atom. The molecule has 1 aromatic carbocycles. The molecule has 1 N–H and O–H groups in total. The molecule has 0 bridgehead atoms. The molecule has 1 aliphatic rings. The molecule has 0 spiro atoms. The Bertz CT molecular complexity index is 336. The van der Waals surface area contributed by atoms with Crippen molar-refractivity contribution in [3.8, 4) is 0 Å². The van der Waals surface area contributed by atoms with Crippen LogP contribution in [0.25, 0.3) is 0 Å². The number of anilines is 1. The fraction of sp³-hybridized carbons (Fsp3) is 0.222. The van der Waals surface area contributed by atoms with Gasteiger partial charge in [-0.05, 0) is 18.2 Å². The minimum absolute atomic E-state index is 0.161. The molecule has 1 fully saturated rings. The van der Waals surface area contributed by atoms with E-state index in [-0.39, 0.29) is 11.8 Å². The largest absolute Gasteiger partial charge is 0.321 e. The number of amides is 2. The molecule has 2 rings (SSSR count). The summed E-state index contributed by atoms with van der Waals surface area (Å²) in [6, 6.07) is 5.69. The van der Waals surface area contributed by atoms with Gasteiger partial charge in [0.1, 0.15) is 5.82 Å². The van der Waals surface area contributed by atoms with Crippen molar-refractivity contribution in [2.45, 2.75) is 0 Å². The van der Waals surface area contributed by atoms with Crippen LogP contribution >= 0.6 is 0 Å². The van der Waals surface area contributed by atoms with E-state index in [0.717, 1.165) is 13.1 Å². The molecular weight excluding hydrogens is 171 g/mol. The Morgan fingerprint density at radius 3 is 2.85 bits per heavy atom. The first-order chi connectivity index (χ1) is 6.25. The second-order valence-electron chi connectivity index (χ2n) is 2.93. The summed E-state index contributed by atoms with van der Waals surface area (Å²) in [4.78, 5) is 12.8. The summed E-state index contributed by atoms with van der Waals surface area (Å²) in [7, 11) is 0. The molecule has 1 aliphatic heterocycles. The Labute approximate surface area is 75.2 Å². The van der Waals surface area contributed by atoms with E-state index >= 15 is 0 Å². The van der Waals surface area contributed by atoms with Gasteiger partial charge in [-0.3, -0.25) is 0 Å². The molecule has 1 saturated heterocycles. The van der Waals surface area contributed by atoms with Crippen molar-refractivity contribution < 1.29 is 9.18 Å². The maximum Gasteiger partial charge on any atom is 0.321 e. The molecule has 1 aromatic rings. The van der Waals surface area contributed by atoms with E-state index in [1.165, 1.54) is 12.1 Å². The summed E-state index contributed by atoms with van der Waals surface area (Å²) in [6.45, 7) is 1.59. The van der Waals surface area contributed by atoms with Crippen LogP contribution in [0.5, 0.6) is 0 Å². The molecule has 1 heterocycles. The second kappa shape index (κ2) is 3.05.